The van der Waals surface area contributed by atoms with Gasteiger partial charge in [-0.3, -0.25) is 0 Å². The van der Waals surface area contributed by atoms with Crippen LogP contribution < -0.4 is 10.7 Å². The molecule has 0 aliphatic rings. The van der Waals surface area contributed by atoms with E-state index in [2.05, 4.69) is 15.8 Å². The van der Waals surface area contributed by atoms with Crippen LogP contribution in [0.5, 0.6) is 0 Å². The van der Waals surface area contributed by atoms with Crippen molar-refractivity contribution in [3.63, 3.8) is 0 Å². The Morgan fingerprint density at radius 2 is 2.06 bits per heavy atom. The first-order valence-electron chi connectivity index (χ1n) is 5.13. The summed E-state index contributed by atoms with van der Waals surface area (Å²) in [6, 6.07) is 10.3. The molecule has 6 heteroatoms. The third-order valence-electron chi connectivity index (χ3n) is 2.00. The Bertz CT molecular complexity index is 537. The molecule has 2 rings (SSSR count). The molecule has 0 saturated heterocycles. The summed E-state index contributed by atoms with van der Waals surface area (Å²) in [4.78, 5) is 12.4. The number of urea groups is 1. The summed E-state index contributed by atoms with van der Waals surface area (Å²) in [5, 5.41) is 9.02. The van der Waals surface area contributed by atoms with E-state index in [0.717, 1.165) is 4.88 Å². The molecule has 0 bridgehead atoms. The van der Waals surface area contributed by atoms with Gasteiger partial charge in [0.15, 0.2) is 0 Å². The van der Waals surface area contributed by atoms with Gasteiger partial charge in [0.1, 0.15) is 0 Å². The molecule has 0 radical (unpaired) electrons. The Morgan fingerprint density at radius 3 is 2.72 bits per heavy atom. The second-order valence-electron chi connectivity index (χ2n) is 3.35. The van der Waals surface area contributed by atoms with Crippen LogP contribution in [0.25, 0.3) is 0 Å². The maximum atomic E-state index is 11.5. The summed E-state index contributed by atoms with van der Waals surface area (Å²) in [5.41, 5.74) is 3.03. The fourth-order valence-electron chi connectivity index (χ4n) is 1.21. The molecule has 2 aromatic rings. The minimum atomic E-state index is -0.398. The van der Waals surface area contributed by atoms with Crippen LogP contribution in [0.1, 0.15) is 4.88 Å². The molecular formula is C12H10ClN3OS. The van der Waals surface area contributed by atoms with E-state index in [1.54, 1.807) is 41.8 Å². The van der Waals surface area contributed by atoms with E-state index < -0.39 is 6.03 Å². The zero-order valence-electron chi connectivity index (χ0n) is 9.26. The van der Waals surface area contributed by atoms with Crippen LogP contribution in [0, 0.1) is 0 Å². The number of amides is 2. The molecular weight excluding hydrogens is 270 g/mol. The number of rotatable bonds is 3. The fourth-order valence-corrected chi connectivity index (χ4v) is 1.92. The Balaban J connectivity index is 1.84. The van der Waals surface area contributed by atoms with Crippen LogP contribution in [0.15, 0.2) is 46.9 Å². The number of halogens is 1. The van der Waals surface area contributed by atoms with E-state index in [1.807, 2.05) is 17.5 Å². The van der Waals surface area contributed by atoms with Crippen LogP contribution in [0.3, 0.4) is 0 Å². The molecule has 2 N–H and O–H groups in total. The SMILES string of the molecule is O=C(N/N=C\c1cccs1)Nc1ccc(Cl)cc1. The summed E-state index contributed by atoms with van der Waals surface area (Å²) in [5.74, 6) is 0. The number of anilines is 1. The highest BCUT2D eigenvalue weighted by Gasteiger charge is 1.99. The van der Waals surface area contributed by atoms with Gasteiger partial charge in [-0.05, 0) is 35.7 Å². The largest absolute Gasteiger partial charge is 0.339 e. The summed E-state index contributed by atoms with van der Waals surface area (Å²) in [6.45, 7) is 0. The van der Waals surface area contributed by atoms with Crippen LogP contribution in [0.4, 0.5) is 10.5 Å². The van der Waals surface area contributed by atoms with Gasteiger partial charge in [0.05, 0.1) is 6.21 Å². The molecule has 4 nitrogen and oxygen atoms in total. The second kappa shape index (κ2) is 6.18. The van der Waals surface area contributed by atoms with E-state index in [4.69, 9.17) is 11.6 Å². The van der Waals surface area contributed by atoms with Crippen LogP contribution >= 0.6 is 22.9 Å². The van der Waals surface area contributed by atoms with Crippen molar-refractivity contribution in [1.82, 2.24) is 5.43 Å². The number of thiophene rings is 1. The Hall–Kier alpha value is -1.85. The molecule has 0 spiro atoms. The maximum absolute atomic E-state index is 11.5. The highest BCUT2D eigenvalue weighted by molar-refractivity contribution is 7.11. The molecule has 2 amide bonds. The van der Waals surface area contributed by atoms with Gasteiger partial charge in [0, 0.05) is 15.6 Å². The number of hydrogen-bond donors (Lipinski definition) is 2. The van der Waals surface area contributed by atoms with E-state index in [-0.39, 0.29) is 0 Å². The fraction of sp³-hybridized carbons (Fsp3) is 0. The van der Waals surface area contributed by atoms with Gasteiger partial charge in [-0.1, -0.05) is 17.7 Å². The smallest absolute Gasteiger partial charge is 0.307 e. The van der Waals surface area contributed by atoms with Gasteiger partial charge in [-0.25, -0.2) is 10.2 Å². The number of carbonyl (C=O) groups excluding carboxylic acids is 1. The molecule has 0 aliphatic carbocycles. The van der Waals surface area contributed by atoms with Crippen molar-refractivity contribution in [3.05, 3.63) is 51.7 Å². The van der Waals surface area contributed by atoms with Gasteiger partial charge in [-0.2, -0.15) is 5.10 Å². The van der Waals surface area contributed by atoms with Crippen molar-refractivity contribution < 1.29 is 4.79 Å². The normalized spacial score (nSPS) is 10.5. The molecule has 0 unspecified atom stereocenters. The summed E-state index contributed by atoms with van der Waals surface area (Å²) in [7, 11) is 0. The summed E-state index contributed by atoms with van der Waals surface area (Å²) in [6.07, 6.45) is 1.59. The topological polar surface area (TPSA) is 53.5 Å². The average Bonchev–Trinajstić information content (AvgIpc) is 2.85. The van der Waals surface area contributed by atoms with E-state index in [0.29, 0.717) is 10.7 Å². The summed E-state index contributed by atoms with van der Waals surface area (Å²) < 4.78 is 0. The third kappa shape index (κ3) is 3.87. The second-order valence-corrected chi connectivity index (χ2v) is 4.76. The molecule has 0 atom stereocenters. The van der Waals surface area contributed by atoms with Gasteiger partial charge in [0.2, 0.25) is 0 Å². The first kappa shape index (κ1) is 12.6. The summed E-state index contributed by atoms with van der Waals surface area (Å²) >= 11 is 7.28. The first-order chi connectivity index (χ1) is 8.74. The molecule has 1 heterocycles. The Kier molecular flexibility index (Phi) is 4.33. The number of nitrogens with one attached hydrogen (secondary N) is 2. The number of hydrazone groups is 1. The van der Waals surface area contributed by atoms with Gasteiger partial charge in [0.25, 0.3) is 0 Å². The standard InChI is InChI=1S/C12H10ClN3OS/c13-9-3-5-10(6-4-9)15-12(17)16-14-8-11-2-1-7-18-11/h1-8H,(H2,15,16,17)/b14-8-. The van der Waals surface area contributed by atoms with Crippen LogP contribution in [-0.2, 0) is 0 Å². The number of benzene rings is 1. The molecule has 0 fully saturated rings. The molecule has 0 aliphatic heterocycles. The molecule has 0 saturated carbocycles. The van der Waals surface area contributed by atoms with E-state index >= 15 is 0 Å². The highest BCUT2D eigenvalue weighted by atomic mass is 35.5. The lowest BCUT2D eigenvalue weighted by Crippen LogP contribution is -2.24. The predicted octanol–water partition coefficient (Wildman–Crippen LogP) is 3.56. The highest BCUT2D eigenvalue weighted by Crippen LogP contribution is 2.13. The van der Waals surface area contributed by atoms with Gasteiger partial charge in [-0.15, -0.1) is 11.3 Å². The number of carbonyl (C=O) groups is 1. The lowest BCUT2D eigenvalue weighted by molar-refractivity contribution is 0.252. The molecule has 1 aromatic heterocycles. The molecule has 1 aromatic carbocycles. The number of hydrogen-bond acceptors (Lipinski definition) is 3. The molecule has 18 heavy (non-hydrogen) atoms. The van der Waals surface area contributed by atoms with E-state index in [1.165, 1.54) is 0 Å². The third-order valence-corrected chi connectivity index (χ3v) is 3.06. The van der Waals surface area contributed by atoms with Crippen molar-refractivity contribution in [2.75, 3.05) is 5.32 Å². The minimum absolute atomic E-state index is 0.398. The van der Waals surface area contributed by atoms with Gasteiger partial charge >= 0.3 is 6.03 Å². The lowest BCUT2D eigenvalue weighted by Gasteiger charge is -2.03. The number of nitrogens with zero attached hydrogens (tertiary/aromatic N) is 1. The van der Waals surface area contributed by atoms with Crippen molar-refractivity contribution in [1.29, 1.82) is 0 Å². The van der Waals surface area contributed by atoms with E-state index in [9.17, 15) is 4.79 Å². The van der Waals surface area contributed by atoms with Crippen molar-refractivity contribution in [3.8, 4) is 0 Å². The van der Waals surface area contributed by atoms with Crippen molar-refractivity contribution in [2.45, 2.75) is 0 Å². The Morgan fingerprint density at radius 1 is 1.28 bits per heavy atom. The van der Waals surface area contributed by atoms with Crippen molar-refractivity contribution >= 4 is 40.9 Å². The minimum Gasteiger partial charge on any atom is -0.307 e. The van der Waals surface area contributed by atoms with Crippen molar-refractivity contribution in [2.24, 2.45) is 5.10 Å². The maximum Gasteiger partial charge on any atom is 0.339 e. The zero-order chi connectivity index (χ0) is 12.8. The Labute approximate surface area is 113 Å². The van der Waals surface area contributed by atoms with Gasteiger partial charge < -0.3 is 5.32 Å². The predicted molar refractivity (Wildman–Crippen MR) is 75.5 cm³/mol. The monoisotopic (exact) mass is 279 g/mol. The molecule has 92 valence electrons. The lowest BCUT2D eigenvalue weighted by atomic mass is 10.3. The van der Waals surface area contributed by atoms with Crippen LogP contribution in [0.2, 0.25) is 5.02 Å². The first-order valence-corrected chi connectivity index (χ1v) is 6.39. The van der Waals surface area contributed by atoms with Crippen LogP contribution in [-0.4, -0.2) is 12.2 Å². The average molecular weight is 280 g/mol. The quantitative estimate of drug-likeness (QED) is 0.655. The zero-order valence-corrected chi connectivity index (χ0v) is 10.8.